The van der Waals surface area contributed by atoms with Gasteiger partial charge in [0, 0.05) is 50.1 Å². The zero-order chi connectivity index (χ0) is 13.0. The number of thioether (sulfide) groups is 1. The SMILES string of the molecule is CCC(C)N1CCN(C2(CN)CCCSC2)CC1. The van der Waals surface area contributed by atoms with Gasteiger partial charge in [0.2, 0.25) is 0 Å². The van der Waals surface area contributed by atoms with E-state index in [-0.39, 0.29) is 0 Å². The van der Waals surface area contributed by atoms with E-state index in [1.807, 2.05) is 0 Å². The van der Waals surface area contributed by atoms with Crippen molar-refractivity contribution in [3.8, 4) is 0 Å². The molecule has 2 unspecified atom stereocenters. The first kappa shape index (κ1) is 14.6. The minimum Gasteiger partial charge on any atom is -0.329 e. The van der Waals surface area contributed by atoms with E-state index in [4.69, 9.17) is 5.73 Å². The molecule has 2 saturated heterocycles. The first-order valence-corrected chi connectivity index (χ1v) is 8.64. The van der Waals surface area contributed by atoms with Gasteiger partial charge in [0.1, 0.15) is 0 Å². The summed E-state index contributed by atoms with van der Waals surface area (Å²) >= 11 is 2.10. The van der Waals surface area contributed by atoms with Crippen LogP contribution in [0.15, 0.2) is 0 Å². The van der Waals surface area contributed by atoms with Gasteiger partial charge in [0.05, 0.1) is 0 Å². The Bertz CT molecular complexity index is 245. The van der Waals surface area contributed by atoms with Crippen LogP contribution in [-0.2, 0) is 0 Å². The molecule has 0 radical (unpaired) electrons. The highest BCUT2D eigenvalue weighted by molar-refractivity contribution is 7.99. The second-order valence-corrected chi connectivity index (χ2v) is 6.97. The monoisotopic (exact) mass is 271 g/mol. The Kier molecular flexibility index (Phi) is 5.36. The minimum absolute atomic E-state index is 0.310. The summed E-state index contributed by atoms with van der Waals surface area (Å²) in [5, 5.41) is 0. The van der Waals surface area contributed by atoms with Crippen LogP contribution in [0, 0.1) is 0 Å². The number of piperazine rings is 1. The molecule has 18 heavy (non-hydrogen) atoms. The molecular weight excluding hydrogens is 242 g/mol. The van der Waals surface area contributed by atoms with E-state index in [1.165, 1.54) is 56.9 Å². The van der Waals surface area contributed by atoms with Gasteiger partial charge in [-0.25, -0.2) is 0 Å². The van der Waals surface area contributed by atoms with Crippen LogP contribution in [0.3, 0.4) is 0 Å². The summed E-state index contributed by atoms with van der Waals surface area (Å²) in [5.74, 6) is 2.57. The van der Waals surface area contributed by atoms with Gasteiger partial charge in [-0.1, -0.05) is 6.92 Å². The van der Waals surface area contributed by atoms with E-state index in [1.54, 1.807) is 0 Å². The number of rotatable bonds is 4. The Morgan fingerprint density at radius 3 is 2.50 bits per heavy atom. The zero-order valence-corrected chi connectivity index (χ0v) is 12.8. The van der Waals surface area contributed by atoms with Crippen molar-refractivity contribution in [3.05, 3.63) is 0 Å². The molecule has 2 N–H and O–H groups in total. The Hall–Kier alpha value is 0.230. The van der Waals surface area contributed by atoms with Crippen molar-refractivity contribution in [1.82, 2.24) is 9.80 Å². The van der Waals surface area contributed by atoms with Crippen molar-refractivity contribution in [2.24, 2.45) is 5.73 Å². The summed E-state index contributed by atoms with van der Waals surface area (Å²) in [6.45, 7) is 10.3. The van der Waals surface area contributed by atoms with Crippen LogP contribution in [0.25, 0.3) is 0 Å². The summed E-state index contributed by atoms with van der Waals surface area (Å²) in [4.78, 5) is 5.33. The van der Waals surface area contributed by atoms with Crippen molar-refractivity contribution in [2.75, 3.05) is 44.2 Å². The average molecular weight is 271 g/mol. The molecule has 0 amide bonds. The first-order valence-electron chi connectivity index (χ1n) is 7.49. The zero-order valence-electron chi connectivity index (χ0n) is 12.0. The Labute approximate surface area is 116 Å². The number of hydrogen-bond donors (Lipinski definition) is 1. The van der Waals surface area contributed by atoms with Crippen LogP contribution in [0.5, 0.6) is 0 Å². The molecule has 2 aliphatic heterocycles. The van der Waals surface area contributed by atoms with Crippen LogP contribution in [0.2, 0.25) is 0 Å². The Morgan fingerprint density at radius 2 is 2.00 bits per heavy atom. The fourth-order valence-electron chi connectivity index (χ4n) is 3.27. The average Bonchev–Trinajstić information content (AvgIpc) is 2.47. The van der Waals surface area contributed by atoms with E-state index in [9.17, 15) is 0 Å². The minimum atomic E-state index is 0.310. The van der Waals surface area contributed by atoms with Crippen LogP contribution in [0.4, 0.5) is 0 Å². The Morgan fingerprint density at radius 1 is 1.28 bits per heavy atom. The molecule has 2 fully saturated rings. The summed E-state index contributed by atoms with van der Waals surface area (Å²) < 4.78 is 0. The maximum Gasteiger partial charge on any atom is 0.0423 e. The van der Waals surface area contributed by atoms with Gasteiger partial charge in [-0.05, 0) is 31.9 Å². The molecule has 0 aromatic rings. The van der Waals surface area contributed by atoms with Crippen molar-refractivity contribution >= 4 is 11.8 Å². The fraction of sp³-hybridized carbons (Fsp3) is 1.00. The van der Waals surface area contributed by atoms with Crippen LogP contribution in [0.1, 0.15) is 33.1 Å². The van der Waals surface area contributed by atoms with E-state index in [0.29, 0.717) is 5.54 Å². The van der Waals surface area contributed by atoms with Gasteiger partial charge >= 0.3 is 0 Å². The Balaban J connectivity index is 1.91. The van der Waals surface area contributed by atoms with E-state index < -0.39 is 0 Å². The predicted octanol–water partition coefficient (Wildman–Crippen LogP) is 1.63. The van der Waals surface area contributed by atoms with Crippen LogP contribution >= 0.6 is 11.8 Å². The van der Waals surface area contributed by atoms with Gasteiger partial charge < -0.3 is 5.73 Å². The van der Waals surface area contributed by atoms with Crippen molar-refractivity contribution in [2.45, 2.75) is 44.7 Å². The number of nitrogens with zero attached hydrogens (tertiary/aromatic N) is 2. The fourth-order valence-corrected chi connectivity index (χ4v) is 4.59. The molecule has 0 spiro atoms. The lowest BCUT2D eigenvalue weighted by Gasteiger charge is -2.49. The van der Waals surface area contributed by atoms with Gasteiger partial charge in [-0.3, -0.25) is 9.80 Å². The lowest BCUT2D eigenvalue weighted by Crippen LogP contribution is -2.63. The molecule has 2 aliphatic rings. The highest BCUT2D eigenvalue weighted by Gasteiger charge is 2.38. The summed E-state index contributed by atoms with van der Waals surface area (Å²) in [6.07, 6.45) is 3.91. The van der Waals surface area contributed by atoms with E-state index in [2.05, 4.69) is 35.4 Å². The highest BCUT2D eigenvalue weighted by atomic mass is 32.2. The van der Waals surface area contributed by atoms with Crippen LogP contribution in [-0.4, -0.2) is 65.6 Å². The molecule has 2 rings (SSSR count). The predicted molar refractivity (Wildman–Crippen MR) is 81.2 cm³/mol. The molecule has 106 valence electrons. The third-order valence-electron chi connectivity index (χ3n) is 4.88. The summed E-state index contributed by atoms with van der Waals surface area (Å²) in [7, 11) is 0. The highest BCUT2D eigenvalue weighted by Crippen LogP contribution is 2.32. The van der Waals surface area contributed by atoms with Gasteiger partial charge in [-0.2, -0.15) is 11.8 Å². The van der Waals surface area contributed by atoms with E-state index >= 15 is 0 Å². The maximum absolute atomic E-state index is 6.12. The van der Waals surface area contributed by atoms with Gasteiger partial charge in [-0.15, -0.1) is 0 Å². The molecule has 0 saturated carbocycles. The second-order valence-electron chi connectivity index (χ2n) is 5.86. The quantitative estimate of drug-likeness (QED) is 0.842. The smallest absolute Gasteiger partial charge is 0.0423 e. The second kappa shape index (κ2) is 6.60. The summed E-state index contributed by atoms with van der Waals surface area (Å²) in [6, 6.07) is 0.738. The van der Waals surface area contributed by atoms with Crippen molar-refractivity contribution in [3.63, 3.8) is 0 Å². The molecule has 2 heterocycles. The van der Waals surface area contributed by atoms with Gasteiger partial charge in [0.25, 0.3) is 0 Å². The molecule has 3 nitrogen and oxygen atoms in total. The van der Waals surface area contributed by atoms with Crippen LogP contribution < -0.4 is 5.73 Å². The largest absolute Gasteiger partial charge is 0.329 e. The van der Waals surface area contributed by atoms with Crippen molar-refractivity contribution < 1.29 is 0 Å². The molecule has 0 aromatic heterocycles. The molecule has 2 atom stereocenters. The third-order valence-corrected chi connectivity index (χ3v) is 6.20. The third kappa shape index (κ3) is 3.03. The topological polar surface area (TPSA) is 32.5 Å². The lowest BCUT2D eigenvalue weighted by molar-refractivity contribution is 0.0283. The molecule has 0 aliphatic carbocycles. The maximum atomic E-state index is 6.12. The lowest BCUT2D eigenvalue weighted by atomic mass is 9.92. The summed E-state index contributed by atoms with van der Waals surface area (Å²) in [5.41, 5.74) is 6.43. The molecule has 0 aromatic carbocycles. The molecular formula is C14H29N3S. The molecule has 0 bridgehead atoms. The van der Waals surface area contributed by atoms with Gasteiger partial charge in [0.15, 0.2) is 0 Å². The number of hydrogen-bond acceptors (Lipinski definition) is 4. The normalized spacial score (nSPS) is 33.5. The molecule has 4 heteroatoms. The number of nitrogens with two attached hydrogens (primary N) is 1. The standard InChI is InChI=1S/C14H29N3S/c1-3-13(2)16-6-8-17(9-7-16)14(11-15)5-4-10-18-12-14/h13H,3-12,15H2,1-2H3. The van der Waals surface area contributed by atoms with E-state index in [0.717, 1.165) is 12.6 Å². The first-order chi connectivity index (χ1) is 8.72. The van der Waals surface area contributed by atoms with Crippen molar-refractivity contribution in [1.29, 1.82) is 0 Å².